The molecule has 47 heavy (non-hydrogen) atoms. The molecule has 0 saturated carbocycles. The lowest BCUT2D eigenvalue weighted by molar-refractivity contribution is -0.432. The van der Waals surface area contributed by atoms with Crippen LogP contribution in [0.2, 0.25) is 0 Å². The van der Waals surface area contributed by atoms with Crippen molar-refractivity contribution >= 4 is 83.1 Å². The summed E-state index contributed by atoms with van der Waals surface area (Å²) in [6.07, 6.45) is 0. The van der Waals surface area contributed by atoms with Gasteiger partial charge in [0, 0.05) is 24.7 Å². The molecule has 0 fully saturated rings. The van der Waals surface area contributed by atoms with Gasteiger partial charge in [0.1, 0.15) is 26.9 Å². The Bertz CT molecular complexity index is 2210. The Morgan fingerprint density at radius 1 is 0.894 bits per heavy atom. The number of nitrogens with zero attached hydrogens (tertiary/aromatic N) is 5. The van der Waals surface area contributed by atoms with Gasteiger partial charge in [-0.1, -0.05) is 11.1 Å². The van der Waals surface area contributed by atoms with Crippen molar-refractivity contribution in [3.63, 3.8) is 0 Å². The molecule has 4 aromatic carbocycles. The van der Waals surface area contributed by atoms with Crippen molar-refractivity contribution in [2.75, 3.05) is 5.32 Å². The van der Waals surface area contributed by atoms with E-state index in [1.54, 1.807) is 0 Å². The number of rotatable bonds is 11. The van der Waals surface area contributed by atoms with E-state index in [2.05, 4.69) is 35.1 Å². The Labute approximate surface area is 266 Å². The molecule has 0 atom stereocenters. The van der Waals surface area contributed by atoms with Crippen LogP contribution < -0.4 is 5.32 Å². The van der Waals surface area contributed by atoms with Crippen molar-refractivity contribution < 1.29 is 60.5 Å². The van der Waals surface area contributed by atoms with Crippen LogP contribution in [0, 0.1) is 10.1 Å². The Balaban J connectivity index is 1.98. The summed E-state index contributed by atoms with van der Waals surface area (Å²) in [5, 5.41) is 62.0. The van der Waals surface area contributed by atoms with Gasteiger partial charge in [-0.25, -0.2) is 5.26 Å². The van der Waals surface area contributed by atoms with Gasteiger partial charge in [0.05, 0.1) is 32.9 Å². The Hall–Kier alpha value is -5.14. The molecule has 0 saturated heterocycles. The zero-order chi connectivity index (χ0) is 34.7. The summed E-state index contributed by atoms with van der Waals surface area (Å²) in [4.78, 5) is 19.7. The Kier molecular flexibility index (Phi) is 10.1. The summed E-state index contributed by atoms with van der Waals surface area (Å²) < 4.78 is 72.3. The Morgan fingerprint density at radius 3 is 2.17 bits per heavy atom. The van der Waals surface area contributed by atoms with Crippen LogP contribution in [0.5, 0.6) is 11.5 Å². The number of nitrogens with one attached hydrogen (secondary N) is 1. The molecule has 20 nitrogen and oxygen atoms in total. The number of nitro groups is 1. The maximum atomic E-state index is 12.3. The fourth-order valence-corrected chi connectivity index (χ4v) is 5.70. The first-order valence-electron chi connectivity index (χ1n) is 12.2. The summed E-state index contributed by atoms with van der Waals surface area (Å²) in [5.41, 5.74) is -2.62. The van der Waals surface area contributed by atoms with Gasteiger partial charge in [0.15, 0.2) is 11.5 Å². The zero-order valence-electron chi connectivity index (χ0n) is 23.1. The van der Waals surface area contributed by atoms with Gasteiger partial charge in [-0.2, -0.15) is 21.9 Å². The van der Waals surface area contributed by atoms with Crippen molar-refractivity contribution in [2.24, 2.45) is 20.5 Å². The molecule has 0 aliphatic rings. The summed E-state index contributed by atoms with van der Waals surface area (Å²) >= 11 is 0.166. The quantitative estimate of drug-likeness (QED) is 0.0265. The first kappa shape index (κ1) is 34.7. The molecule has 4 rings (SSSR count). The highest BCUT2D eigenvalue weighted by Gasteiger charge is 2.27. The second-order valence-electron chi connectivity index (χ2n) is 8.96. The smallest absolute Gasteiger partial charge is 0.296 e. The number of nitro benzene ring substituents is 1. The van der Waals surface area contributed by atoms with Gasteiger partial charge in [-0.15, -0.1) is 19.7 Å². The van der Waals surface area contributed by atoms with Crippen LogP contribution in [0.25, 0.3) is 10.8 Å². The standard InChI is InChI=1S/C24H18N6O14S3/c1-11(31)25-13-5-6-18(46(37,38)39)16(10-13)27-28-21-17(45-44-43-36)7-12-8-19(47(40,41)42)22(24(33)20(12)23(21)32)29-26-14-3-2-4-15(9-14)30(34)35/h2-10,32-33,36H,1H3,(H,25,31)(H,37,38,39)(H,40,41,42). The molecular formula is C24H18N6O14S3. The number of anilines is 1. The summed E-state index contributed by atoms with van der Waals surface area (Å²) in [6.45, 7) is 1.16. The third-order valence-corrected chi connectivity index (χ3v) is 8.19. The molecule has 4 aromatic rings. The van der Waals surface area contributed by atoms with Crippen LogP contribution >= 0.6 is 12.0 Å². The second kappa shape index (κ2) is 13.7. The number of carbonyl (C=O) groups is 1. The monoisotopic (exact) mass is 710 g/mol. The van der Waals surface area contributed by atoms with Crippen LogP contribution in [0.15, 0.2) is 89.7 Å². The number of hydrogen-bond donors (Lipinski definition) is 6. The van der Waals surface area contributed by atoms with Crippen LogP contribution in [0.1, 0.15) is 6.92 Å². The minimum absolute atomic E-state index is 0.0299. The number of fused-ring (bicyclic) bond motifs is 1. The van der Waals surface area contributed by atoms with E-state index >= 15 is 0 Å². The number of phenols is 2. The van der Waals surface area contributed by atoms with Gasteiger partial charge in [0.25, 0.3) is 25.9 Å². The van der Waals surface area contributed by atoms with E-state index in [-0.39, 0.29) is 33.7 Å². The van der Waals surface area contributed by atoms with Gasteiger partial charge in [-0.3, -0.25) is 24.0 Å². The number of azo groups is 2. The molecule has 0 aromatic heterocycles. The first-order valence-corrected chi connectivity index (χ1v) is 15.8. The van der Waals surface area contributed by atoms with Gasteiger partial charge < -0.3 is 15.5 Å². The highest BCUT2D eigenvalue weighted by molar-refractivity contribution is 7.94. The number of non-ortho nitro benzene ring substituents is 1. The average Bonchev–Trinajstić information content (AvgIpc) is 2.97. The van der Waals surface area contributed by atoms with Crippen LogP contribution in [0.3, 0.4) is 0 Å². The highest BCUT2D eigenvalue weighted by atomic mass is 32.2. The SMILES string of the molecule is CC(=O)Nc1ccc(S(=O)(=O)O)c(N=Nc2c(SOOO)cc3cc(S(=O)(=O)O)c(N=Nc4cccc([N+](=O)[O-])c4)c(O)c3c2O)c1. The topological polar surface area (TPSA) is 310 Å². The van der Waals surface area contributed by atoms with Gasteiger partial charge in [0.2, 0.25) is 5.91 Å². The van der Waals surface area contributed by atoms with E-state index in [1.807, 2.05) is 0 Å². The Morgan fingerprint density at radius 2 is 1.55 bits per heavy atom. The molecule has 0 aliphatic heterocycles. The molecular weight excluding hydrogens is 692 g/mol. The first-order chi connectivity index (χ1) is 22.0. The van der Waals surface area contributed by atoms with Crippen molar-refractivity contribution in [1.29, 1.82) is 0 Å². The van der Waals surface area contributed by atoms with E-state index in [1.165, 1.54) is 12.1 Å². The molecule has 23 heteroatoms. The van der Waals surface area contributed by atoms with Crippen LogP contribution in [-0.2, 0) is 34.4 Å². The van der Waals surface area contributed by atoms with E-state index in [9.17, 15) is 51.1 Å². The zero-order valence-corrected chi connectivity index (χ0v) is 25.5. The molecule has 0 radical (unpaired) electrons. The molecule has 6 N–H and O–H groups in total. The number of aromatic hydroxyl groups is 2. The predicted molar refractivity (Wildman–Crippen MR) is 160 cm³/mol. The van der Waals surface area contributed by atoms with E-state index in [4.69, 9.17) is 5.26 Å². The van der Waals surface area contributed by atoms with Crippen LogP contribution in [-0.4, -0.2) is 52.2 Å². The summed E-state index contributed by atoms with van der Waals surface area (Å²) in [7, 11) is -10.1. The van der Waals surface area contributed by atoms with E-state index in [0.29, 0.717) is 0 Å². The third kappa shape index (κ3) is 7.99. The third-order valence-electron chi connectivity index (χ3n) is 5.80. The lowest BCUT2D eigenvalue weighted by Crippen LogP contribution is -2.06. The maximum absolute atomic E-state index is 12.3. The predicted octanol–water partition coefficient (Wildman–Crippen LogP) is 5.87. The molecule has 246 valence electrons. The van der Waals surface area contributed by atoms with E-state index in [0.717, 1.165) is 49.4 Å². The van der Waals surface area contributed by atoms with Crippen molar-refractivity contribution in [1.82, 2.24) is 0 Å². The summed E-state index contributed by atoms with van der Waals surface area (Å²) in [6, 6.07) is 9.43. The number of amides is 1. The molecule has 0 heterocycles. The van der Waals surface area contributed by atoms with Crippen molar-refractivity contribution in [3.05, 3.63) is 64.7 Å². The minimum Gasteiger partial charge on any atom is -0.505 e. The molecule has 0 unspecified atom stereocenters. The summed E-state index contributed by atoms with van der Waals surface area (Å²) in [5.74, 6) is -2.62. The average molecular weight is 711 g/mol. The lowest BCUT2D eigenvalue weighted by Gasteiger charge is -2.13. The normalized spacial score (nSPS) is 12.3. The van der Waals surface area contributed by atoms with Gasteiger partial charge in [-0.05, 0) is 41.8 Å². The molecule has 0 aliphatic carbocycles. The van der Waals surface area contributed by atoms with E-state index < -0.39 is 80.5 Å². The second-order valence-corrected chi connectivity index (χ2v) is 12.5. The van der Waals surface area contributed by atoms with Gasteiger partial charge >= 0.3 is 0 Å². The number of benzene rings is 4. The molecule has 0 spiro atoms. The number of phenolic OH excluding ortho intramolecular Hbond substituents is 2. The van der Waals surface area contributed by atoms with Crippen molar-refractivity contribution in [2.45, 2.75) is 21.6 Å². The fraction of sp³-hybridized carbons (Fsp3) is 0.0417. The maximum Gasteiger partial charge on any atom is 0.296 e. The number of carbonyl (C=O) groups excluding carboxylic acids is 1. The minimum atomic E-state index is -5.16. The molecule has 1 amide bonds. The molecule has 0 bridgehead atoms. The fourth-order valence-electron chi connectivity index (χ4n) is 3.94. The largest absolute Gasteiger partial charge is 0.505 e. The van der Waals surface area contributed by atoms with Crippen molar-refractivity contribution in [3.8, 4) is 11.5 Å². The highest BCUT2D eigenvalue weighted by Crippen LogP contribution is 2.51. The van der Waals surface area contributed by atoms with Crippen LogP contribution in [0.4, 0.5) is 34.1 Å². The lowest BCUT2D eigenvalue weighted by atomic mass is 10.1. The number of hydrogen-bond acceptors (Lipinski definition) is 17.